The van der Waals surface area contributed by atoms with Crippen LogP contribution in [0.3, 0.4) is 0 Å². The maximum atomic E-state index is 12.9. The van der Waals surface area contributed by atoms with Crippen molar-refractivity contribution >= 4 is 5.97 Å². The molecule has 0 fully saturated rings. The largest absolute Gasteiger partial charge is 0.465 e. The number of ether oxygens (including phenoxy) is 1. The standard InChI is InChI=1S/C17H17N3O4/c1-3-24-14(21)17(2)12-9-10-13(17)20-16(23)18(15(22)19(12)20)11-7-5-4-6-8-11/h4-10,12-13H,3H2,1-2H3. The smallest absolute Gasteiger partial charge is 0.352 e. The predicted molar refractivity (Wildman–Crippen MR) is 86.2 cm³/mol. The van der Waals surface area contributed by atoms with E-state index in [1.165, 1.54) is 9.36 Å². The van der Waals surface area contributed by atoms with Crippen LogP contribution in [-0.4, -0.2) is 26.5 Å². The summed E-state index contributed by atoms with van der Waals surface area (Å²) in [7, 11) is 0. The van der Waals surface area contributed by atoms with Gasteiger partial charge in [-0.1, -0.05) is 30.4 Å². The van der Waals surface area contributed by atoms with E-state index in [9.17, 15) is 14.4 Å². The SMILES string of the molecule is CCOC(=O)C1(C)C2C=CC1n1c(=O)n(-c3ccccc3)c(=O)n12. The third-order valence-corrected chi connectivity index (χ3v) is 4.97. The van der Waals surface area contributed by atoms with Gasteiger partial charge in [-0.3, -0.25) is 4.79 Å². The van der Waals surface area contributed by atoms with Crippen LogP contribution in [0.5, 0.6) is 0 Å². The zero-order valence-electron chi connectivity index (χ0n) is 13.4. The Bertz CT molecular complexity index is 918. The molecule has 0 saturated heterocycles. The van der Waals surface area contributed by atoms with Gasteiger partial charge in [0, 0.05) is 0 Å². The van der Waals surface area contributed by atoms with Crippen LogP contribution in [0, 0.1) is 5.41 Å². The minimum Gasteiger partial charge on any atom is -0.465 e. The highest BCUT2D eigenvalue weighted by Crippen LogP contribution is 2.53. The van der Waals surface area contributed by atoms with Gasteiger partial charge in [0.15, 0.2) is 0 Å². The highest BCUT2D eigenvalue weighted by atomic mass is 16.5. The van der Waals surface area contributed by atoms with Gasteiger partial charge in [0.1, 0.15) is 5.41 Å². The van der Waals surface area contributed by atoms with Gasteiger partial charge in [0.25, 0.3) is 0 Å². The van der Waals surface area contributed by atoms with E-state index in [4.69, 9.17) is 4.74 Å². The van der Waals surface area contributed by atoms with Crippen LogP contribution in [0.25, 0.3) is 5.69 Å². The van der Waals surface area contributed by atoms with Crippen LogP contribution in [0.2, 0.25) is 0 Å². The van der Waals surface area contributed by atoms with Crippen LogP contribution >= 0.6 is 0 Å². The average molecular weight is 327 g/mol. The monoisotopic (exact) mass is 327 g/mol. The summed E-state index contributed by atoms with van der Waals surface area (Å²) < 4.78 is 9.07. The molecule has 7 nitrogen and oxygen atoms in total. The first-order chi connectivity index (χ1) is 11.5. The van der Waals surface area contributed by atoms with Crippen molar-refractivity contribution in [3.05, 3.63) is 63.5 Å². The van der Waals surface area contributed by atoms with Crippen LogP contribution in [-0.2, 0) is 9.53 Å². The summed E-state index contributed by atoms with van der Waals surface area (Å²) >= 11 is 0. The minimum atomic E-state index is -0.968. The third-order valence-electron chi connectivity index (χ3n) is 4.97. The van der Waals surface area contributed by atoms with Gasteiger partial charge in [0.2, 0.25) is 0 Å². The van der Waals surface area contributed by atoms with Gasteiger partial charge in [-0.25, -0.2) is 23.5 Å². The molecule has 2 bridgehead atoms. The molecule has 2 aromatic rings. The van der Waals surface area contributed by atoms with Gasteiger partial charge < -0.3 is 4.74 Å². The molecule has 0 amide bonds. The molecule has 2 atom stereocenters. The zero-order chi connectivity index (χ0) is 17.1. The van der Waals surface area contributed by atoms with E-state index in [1.54, 1.807) is 50.3 Å². The molecule has 2 heterocycles. The first-order valence-electron chi connectivity index (χ1n) is 7.88. The van der Waals surface area contributed by atoms with Crippen molar-refractivity contribution in [2.45, 2.75) is 25.9 Å². The first kappa shape index (κ1) is 14.7. The molecule has 7 heteroatoms. The van der Waals surface area contributed by atoms with E-state index in [2.05, 4.69) is 0 Å². The van der Waals surface area contributed by atoms with Crippen LogP contribution in [0.1, 0.15) is 25.9 Å². The molecule has 1 aromatic carbocycles. The van der Waals surface area contributed by atoms with Crippen molar-refractivity contribution in [1.29, 1.82) is 0 Å². The molecule has 1 aliphatic heterocycles. The second-order valence-electron chi connectivity index (χ2n) is 6.20. The van der Waals surface area contributed by atoms with Crippen molar-refractivity contribution in [3.63, 3.8) is 0 Å². The molecule has 24 heavy (non-hydrogen) atoms. The van der Waals surface area contributed by atoms with Gasteiger partial charge in [-0.2, -0.15) is 0 Å². The summed E-state index contributed by atoms with van der Waals surface area (Å²) in [6.07, 6.45) is 3.61. The number of rotatable bonds is 3. The van der Waals surface area contributed by atoms with Crippen molar-refractivity contribution < 1.29 is 9.53 Å². The molecular weight excluding hydrogens is 310 g/mol. The van der Waals surface area contributed by atoms with E-state index < -0.39 is 34.8 Å². The summed E-state index contributed by atoms with van der Waals surface area (Å²) in [4.78, 5) is 38.2. The highest BCUT2D eigenvalue weighted by molar-refractivity contribution is 5.80. The third kappa shape index (κ3) is 1.59. The van der Waals surface area contributed by atoms with Crippen molar-refractivity contribution in [2.24, 2.45) is 5.41 Å². The molecule has 1 aliphatic carbocycles. The fraction of sp³-hybridized carbons (Fsp3) is 0.353. The normalized spacial score (nSPS) is 26.6. The fourth-order valence-electron chi connectivity index (χ4n) is 3.76. The Hall–Kier alpha value is -2.83. The number of para-hydroxylation sites is 1. The van der Waals surface area contributed by atoms with Crippen LogP contribution in [0.15, 0.2) is 52.1 Å². The van der Waals surface area contributed by atoms with Gasteiger partial charge in [-0.15, -0.1) is 0 Å². The maximum Gasteiger partial charge on any atom is 0.352 e. The quantitative estimate of drug-likeness (QED) is 0.623. The van der Waals surface area contributed by atoms with E-state index in [0.717, 1.165) is 4.57 Å². The second kappa shape index (κ2) is 4.83. The number of nitrogens with zero attached hydrogens (tertiary/aromatic N) is 3. The Balaban J connectivity index is 1.91. The Kier molecular flexibility index (Phi) is 2.97. The van der Waals surface area contributed by atoms with Crippen LogP contribution < -0.4 is 11.4 Å². The van der Waals surface area contributed by atoms with Gasteiger partial charge in [0.05, 0.1) is 24.4 Å². The first-order valence-corrected chi connectivity index (χ1v) is 7.88. The number of esters is 1. The molecule has 0 saturated carbocycles. The second-order valence-corrected chi connectivity index (χ2v) is 6.20. The summed E-state index contributed by atoms with van der Waals surface area (Å²) in [6, 6.07) is 7.73. The molecule has 2 unspecified atom stereocenters. The topological polar surface area (TPSA) is 75.2 Å². The molecule has 124 valence electrons. The molecule has 4 rings (SSSR count). The molecule has 0 spiro atoms. The number of carbonyl (C=O) groups excluding carboxylic acids is 1. The lowest BCUT2D eigenvalue weighted by Crippen LogP contribution is -2.39. The predicted octanol–water partition coefficient (Wildman–Crippen LogP) is 1.04. The Morgan fingerprint density at radius 1 is 1.08 bits per heavy atom. The summed E-state index contributed by atoms with van der Waals surface area (Å²) in [5.41, 5.74) is -1.35. The minimum absolute atomic E-state index is 0.256. The number of aromatic nitrogens is 3. The maximum absolute atomic E-state index is 12.9. The summed E-state index contributed by atoms with van der Waals surface area (Å²) in [5.74, 6) is -0.397. The van der Waals surface area contributed by atoms with Crippen molar-refractivity contribution in [2.75, 3.05) is 6.61 Å². The molecule has 2 aliphatic rings. The molecule has 0 N–H and O–H groups in total. The van der Waals surface area contributed by atoms with Crippen molar-refractivity contribution in [1.82, 2.24) is 13.9 Å². The summed E-state index contributed by atoms with van der Waals surface area (Å²) in [5, 5.41) is 0. The lowest BCUT2D eigenvalue weighted by Gasteiger charge is -2.25. The van der Waals surface area contributed by atoms with Gasteiger partial charge >= 0.3 is 17.3 Å². The number of carbonyl (C=O) groups is 1. The Morgan fingerprint density at radius 3 is 2.12 bits per heavy atom. The fourth-order valence-corrected chi connectivity index (χ4v) is 3.76. The lowest BCUT2D eigenvalue weighted by atomic mass is 9.82. The Morgan fingerprint density at radius 2 is 1.62 bits per heavy atom. The Labute approximate surface area is 137 Å². The number of fused-ring (bicyclic) bond motifs is 5. The average Bonchev–Trinajstić information content (AvgIpc) is 3.15. The van der Waals surface area contributed by atoms with Gasteiger partial charge in [-0.05, 0) is 26.0 Å². The summed E-state index contributed by atoms with van der Waals surface area (Å²) in [6.45, 7) is 3.73. The molecule has 0 radical (unpaired) electrons. The number of allylic oxidation sites excluding steroid dienone is 2. The van der Waals surface area contributed by atoms with Crippen LogP contribution in [0.4, 0.5) is 0 Å². The zero-order valence-corrected chi connectivity index (χ0v) is 13.4. The van der Waals surface area contributed by atoms with Crippen molar-refractivity contribution in [3.8, 4) is 5.69 Å². The number of hydrogen-bond acceptors (Lipinski definition) is 4. The van der Waals surface area contributed by atoms with E-state index in [1.807, 2.05) is 6.07 Å². The van der Waals surface area contributed by atoms with E-state index >= 15 is 0 Å². The van der Waals surface area contributed by atoms with E-state index in [-0.39, 0.29) is 6.61 Å². The number of benzene rings is 1. The molecular formula is C17H17N3O4. The van der Waals surface area contributed by atoms with E-state index in [0.29, 0.717) is 5.69 Å². The number of hydrogen-bond donors (Lipinski definition) is 0. The highest BCUT2D eigenvalue weighted by Gasteiger charge is 2.60. The lowest BCUT2D eigenvalue weighted by molar-refractivity contribution is -0.155. The molecule has 1 aromatic heterocycles.